The highest BCUT2D eigenvalue weighted by Gasteiger charge is 2.35. The molecule has 1 rings (SSSR count). The standard InChI is InChI=1S/C19H28O6/c1-3-5-12-7-9-13(10-8-12)11-15(21)17(23)19(25)18(24)16(22)14(20)6-4-2/h4,7-11,14,16-25H,2-3,5-6H2,1H3/t14?,16-,17+,18+,19+/m0/s1. The minimum Gasteiger partial charge on any atom is -0.509 e. The summed E-state index contributed by atoms with van der Waals surface area (Å²) < 4.78 is 0. The Kier molecular flexibility index (Phi) is 8.82. The van der Waals surface area contributed by atoms with Crippen LogP contribution in [0, 0.1) is 0 Å². The largest absolute Gasteiger partial charge is 0.509 e. The first-order valence-electron chi connectivity index (χ1n) is 8.32. The fraction of sp³-hybridized carbons (Fsp3) is 0.474. The minimum atomic E-state index is -1.87. The van der Waals surface area contributed by atoms with Gasteiger partial charge in [0.1, 0.15) is 30.2 Å². The third-order valence-electron chi connectivity index (χ3n) is 3.96. The van der Waals surface area contributed by atoms with Gasteiger partial charge in [0.2, 0.25) is 0 Å². The molecule has 0 bridgehead atoms. The number of rotatable bonds is 10. The van der Waals surface area contributed by atoms with E-state index < -0.39 is 36.3 Å². The van der Waals surface area contributed by atoms with Gasteiger partial charge in [0, 0.05) is 0 Å². The normalized spacial score (nSPS) is 18.2. The Morgan fingerprint density at radius 2 is 1.60 bits per heavy atom. The number of hydrogen-bond donors (Lipinski definition) is 6. The van der Waals surface area contributed by atoms with Crippen LogP contribution in [-0.4, -0.2) is 61.2 Å². The Balaban J connectivity index is 2.78. The second kappa shape index (κ2) is 10.3. The molecule has 25 heavy (non-hydrogen) atoms. The number of aliphatic hydroxyl groups excluding tert-OH is 6. The van der Waals surface area contributed by atoms with Crippen molar-refractivity contribution in [3.8, 4) is 0 Å². The monoisotopic (exact) mass is 352 g/mol. The molecule has 0 aliphatic carbocycles. The molecule has 0 fully saturated rings. The Morgan fingerprint density at radius 1 is 1.00 bits per heavy atom. The van der Waals surface area contributed by atoms with Gasteiger partial charge in [-0.2, -0.15) is 0 Å². The van der Waals surface area contributed by atoms with Gasteiger partial charge in [0.25, 0.3) is 0 Å². The van der Waals surface area contributed by atoms with Crippen molar-refractivity contribution in [3.05, 3.63) is 53.8 Å². The highest BCUT2D eigenvalue weighted by Crippen LogP contribution is 2.17. The van der Waals surface area contributed by atoms with Gasteiger partial charge in [-0.1, -0.05) is 43.7 Å². The summed E-state index contributed by atoms with van der Waals surface area (Å²) >= 11 is 0. The molecule has 1 unspecified atom stereocenters. The molecule has 0 spiro atoms. The van der Waals surface area contributed by atoms with Gasteiger partial charge in [-0.05, 0) is 30.0 Å². The first-order valence-corrected chi connectivity index (χ1v) is 8.32. The topological polar surface area (TPSA) is 121 Å². The third-order valence-corrected chi connectivity index (χ3v) is 3.96. The molecule has 0 saturated carbocycles. The van der Waals surface area contributed by atoms with Crippen molar-refractivity contribution in [2.24, 2.45) is 0 Å². The number of aryl methyl sites for hydroxylation is 1. The van der Waals surface area contributed by atoms with Gasteiger partial charge in [-0.3, -0.25) is 0 Å². The lowest BCUT2D eigenvalue weighted by molar-refractivity contribution is -0.131. The van der Waals surface area contributed by atoms with E-state index in [1.165, 1.54) is 12.2 Å². The van der Waals surface area contributed by atoms with E-state index in [2.05, 4.69) is 13.5 Å². The van der Waals surface area contributed by atoms with Crippen molar-refractivity contribution in [2.75, 3.05) is 0 Å². The van der Waals surface area contributed by atoms with Crippen LogP contribution in [0.1, 0.15) is 30.9 Å². The maximum atomic E-state index is 9.98. The predicted octanol–water partition coefficient (Wildman–Crippen LogP) is 0.919. The van der Waals surface area contributed by atoms with Crippen LogP contribution in [0.3, 0.4) is 0 Å². The molecule has 0 aliphatic rings. The summed E-state index contributed by atoms with van der Waals surface area (Å²) in [7, 11) is 0. The zero-order valence-corrected chi connectivity index (χ0v) is 14.4. The summed E-state index contributed by atoms with van der Waals surface area (Å²) in [5.41, 5.74) is 1.76. The van der Waals surface area contributed by atoms with Crippen LogP contribution in [0.5, 0.6) is 0 Å². The Morgan fingerprint density at radius 3 is 2.12 bits per heavy atom. The van der Waals surface area contributed by atoms with Crippen LogP contribution >= 0.6 is 0 Å². The Labute approximate surface area is 148 Å². The van der Waals surface area contributed by atoms with Crippen LogP contribution in [0.2, 0.25) is 0 Å². The highest BCUT2D eigenvalue weighted by atomic mass is 16.4. The molecule has 1 aromatic rings. The van der Waals surface area contributed by atoms with Crippen molar-refractivity contribution < 1.29 is 30.6 Å². The van der Waals surface area contributed by atoms with Gasteiger partial charge in [-0.25, -0.2) is 0 Å². The van der Waals surface area contributed by atoms with Crippen molar-refractivity contribution in [1.82, 2.24) is 0 Å². The molecule has 0 aliphatic heterocycles. The summed E-state index contributed by atoms with van der Waals surface area (Å²) in [5.74, 6) is -0.555. The summed E-state index contributed by atoms with van der Waals surface area (Å²) in [6.45, 7) is 5.47. The second-order valence-corrected chi connectivity index (χ2v) is 6.07. The maximum absolute atomic E-state index is 9.98. The first kappa shape index (κ1) is 21.3. The number of aliphatic hydroxyl groups is 6. The van der Waals surface area contributed by atoms with Crippen molar-refractivity contribution in [1.29, 1.82) is 0 Å². The molecular weight excluding hydrogens is 324 g/mol. The van der Waals surface area contributed by atoms with E-state index >= 15 is 0 Å². The van der Waals surface area contributed by atoms with Crippen LogP contribution in [0.15, 0.2) is 42.7 Å². The summed E-state index contributed by atoms with van der Waals surface area (Å²) in [5, 5.41) is 59.1. The average Bonchev–Trinajstić information content (AvgIpc) is 2.61. The van der Waals surface area contributed by atoms with Gasteiger partial charge < -0.3 is 30.6 Å². The van der Waals surface area contributed by atoms with Crippen molar-refractivity contribution >= 4 is 6.08 Å². The van der Waals surface area contributed by atoms with Crippen molar-refractivity contribution in [3.63, 3.8) is 0 Å². The molecular formula is C19H28O6. The minimum absolute atomic E-state index is 0.00692. The van der Waals surface area contributed by atoms with E-state index in [0.29, 0.717) is 5.56 Å². The van der Waals surface area contributed by atoms with E-state index in [1.807, 2.05) is 12.1 Å². The number of hydrogen-bond acceptors (Lipinski definition) is 6. The molecule has 0 saturated heterocycles. The lowest BCUT2D eigenvalue weighted by Crippen LogP contribution is -2.49. The van der Waals surface area contributed by atoms with E-state index in [-0.39, 0.29) is 6.42 Å². The second-order valence-electron chi connectivity index (χ2n) is 6.07. The molecule has 0 heterocycles. The van der Waals surface area contributed by atoms with Gasteiger partial charge in [-0.15, -0.1) is 6.58 Å². The Hall–Kier alpha value is -1.70. The lowest BCUT2D eigenvalue weighted by atomic mass is 9.96. The molecule has 1 aromatic carbocycles. The van der Waals surface area contributed by atoms with Gasteiger partial charge >= 0.3 is 0 Å². The summed E-state index contributed by atoms with van der Waals surface area (Å²) in [4.78, 5) is 0. The molecule has 0 aromatic heterocycles. The highest BCUT2D eigenvalue weighted by molar-refractivity contribution is 5.52. The zero-order chi connectivity index (χ0) is 19.0. The van der Waals surface area contributed by atoms with E-state index in [1.54, 1.807) is 12.1 Å². The molecule has 5 atom stereocenters. The van der Waals surface area contributed by atoms with Crippen LogP contribution in [0.25, 0.3) is 6.08 Å². The maximum Gasteiger partial charge on any atom is 0.139 e. The van der Waals surface area contributed by atoms with E-state index in [4.69, 9.17) is 0 Å². The Bertz CT molecular complexity index is 554. The van der Waals surface area contributed by atoms with Crippen LogP contribution in [0.4, 0.5) is 0 Å². The molecule has 6 N–H and O–H groups in total. The molecule has 6 nitrogen and oxygen atoms in total. The van der Waals surface area contributed by atoms with Crippen LogP contribution in [-0.2, 0) is 6.42 Å². The summed E-state index contributed by atoms with van der Waals surface area (Å²) in [6.07, 6.45) is -3.97. The van der Waals surface area contributed by atoms with E-state index in [9.17, 15) is 30.6 Å². The van der Waals surface area contributed by atoms with Crippen LogP contribution < -0.4 is 0 Å². The molecule has 0 radical (unpaired) electrons. The molecule has 0 amide bonds. The van der Waals surface area contributed by atoms with Gasteiger partial charge in [0.05, 0.1) is 6.10 Å². The summed E-state index contributed by atoms with van der Waals surface area (Å²) in [6, 6.07) is 7.32. The fourth-order valence-electron chi connectivity index (χ4n) is 2.43. The quantitative estimate of drug-likeness (QED) is 0.275. The average molecular weight is 352 g/mol. The first-order chi connectivity index (χ1) is 11.8. The van der Waals surface area contributed by atoms with Gasteiger partial charge in [0.15, 0.2) is 0 Å². The smallest absolute Gasteiger partial charge is 0.139 e. The predicted molar refractivity (Wildman–Crippen MR) is 95.9 cm³/mol. The fourth-order valence-corrected chi connectivity index (χ4v) is 2.43. The van der Waals surface area contributed by atoms with E-state index in [0.717, 1.165) is 18.4 Å². The molecule has 140 valence electrons. The molecule has 6 heteroatoms. The SMILES string of the molecule is C=CCC(O)[C@H](O)[C@@H](O)[C@H](O)[C@H](O)C(O)=Cc1ccc(CCC)cc1. The third kappa shape index (κ3) is 6.26. The van der Waals surface area contributed by atoms with Crippen molar-refractivity contribution in [2.45, 2.75) is 56.7 Å². The lowest BCUT2D eigenvalue weighted by Gasteiger charge is -2.28. The number of benzene rings is 1. The zero-order valence-electron chi connectivity index (χ0n) is 14.4.